The Labute approximate surface area is 162 Å². The van der Waals surface area contributed by atoms with E-state index in [1.54, 1.807) is 0 Å². The molecule has 0 radical (unpaired) electrons. The second kappa shape index (κ2) is 8.55. The molecule has 146 valence electrons. The molecule has 0 aliphatic rings. The highest BCUT2D eigenvalue weighted by molar-refractivity contribution is 7.89. The van der Waals surface area contributed by atoms with Crippen LogP contribution in [0.3, 0.4) is 0 Å². The Bertz CT molecular complexity index is 951. The minimum Gasteiger partial charge on any atom is -0.495 e. The number of sulfonamides is 1. The maximum Gasteiger partial charge on any atom is 0.243 e. The van der Waals surface area contributed by atoms with E-state index in [-0.39, 0.29) is 22.2 Å². The van der Waals surface area contributed by atoms with Crippen LogP contribution in [0.1, 0.15) is 0 Å². The number of nitrogens with one attached hydrogen (secondary N) is 2. The van der Waals surface area contributed by atoms with Crippen molar-refractivity contribution >= 4 is 38.9 Å². The van der Waals surface area contributed by atoms with Crippen LogP contribution in [-0.2, 0) is 14.8 Å². The van der Waals surface area contributed by atoms with E-state index in [0.717, 1.165) is 4.31 Å². The lowest BCUT2D eigenvalue weighted by Crippen LogP contribution is -2.24. The molecule has 7 nitrogen and oxygen atoms in total. The largest absolute Gasteiger partial charge is 0.495 e. The standard InChI is InChI=1S/C17H19ClFN3O4S/c1-22(2)27(24,25)12-5-7-16(26-3)15(9-12)21-17(23)10-20-11-4-6-14(19)13(18)8-11/h4-9,20H,10H2,1-3H3,(H,21,23). The summed E-state index contributed by atoms with van der Waals surface area (Å²) >= 11 is 5.69. The Morgan fingerprint density at radius 3 is 2.52 bits per heavy atom. The van der Waals surface area contributed by atoms with Gasteiger partial charge >= 0.3 is 0 Å². The predicted molar refractivity (Wildman–Crippen MR) is 102 cm³/mol. The van der Waals surface area contributed by atoms with Crippen molar-refractivity contribution in [3.63, 3.8) is 0 Å². The van der Waals surface area contributed by atoms with E-state index >= 15 is 0 Å². The average molecular weight is 416 g/mol. The lowest BCUT2D eigenvalue weighted by Gasteiger charge is -2.15. The minimum absolute atomic E-state index is 0.0156. The molecule has 2 aromatic carbocycles. The first-order valence-corrected chi connectivity index (χ1v) is 9.56. The van der Waals surface area contributed by atoms with E-state index in [2.05, 4.69) is 10.6 Å². The highest BCUT2D eigenvalue weighted by atomic mass is 35.5. The van der Waals surface area contributed by atoms with Crippen molar-refractivity contribution in [3.05, 3.63) is 47.2 Å². The van der Waals surface area contributed by atoms with E-state index in [9.17, 15) is 17.6 Å². The van der Waals surface area contributed by atoms with Gasteiger partial charge in [-0.2, -0.15) is 0 Å². The lowest BCUT2D eigenvalue weighted by atomic mass is 10.3. The fourth-order valence-corrected chi connectivity index (χ4v) is 3.25. The van der Waals surface area contributed by atoms with Gasteiger partial charge in [0.25, 0.3) is 0 Å². The van der Waals surface area contributed by atoms with Crippen LogP contribution in [-0.4, -0.2) is 46.4 Å². The van der Waals surface area contributed by atoms with Crippen LogP contribution in [0, 0.1) is 5.82 Å². The molecule has 0 atom stereocenters. The zero-order valence-corrected chi connectivity index (χ0v) is 16.5. The molecule has 2 aromatic rings. The summed E-state index contributed by atoms with van der Waals surface area (Å²) in [4.78, 5) is 12.2. The molecule has 27 heavy (non-hydrogen) atoms. The molecule has 0 aromatic heterocycles. The Hall–Kier alpha value is -2.36. The van der Waals surface area contributed by atoms with Gasteiger partial charge in [-0.3, -0.25) is 4.79 Å². The van der Waals surface area contributed by atoms with E-state index < -0.39 is 21.7 Å². The van der Waals surface area contributed by atoms with Crippen molar-refractivity contribution in [2.45, 2.75) is 4.90 Å². The molecule has 1 amide bonds. The second-order valence-electron chi connectivity index (χ2n) is 5.68. The van der Waals surface area contributed by atoms with Gasteiger partial charge in [0, 0.05) is 19.8 Å². The third-order valence-electron chi connectivity index (χ3n) is 3.60. The number of amides is 1. The highest BCUT2D eigenvalue weighted by Crippen LogP contribution is 2.28. The number of methoxy groups -OCH3 is 1. The summed E-state index contributed by atoms with van der Waals surface area (Å²) in [5.41, 5.74) is 0.678. The second-order valence-corrected chi connectivity index (χ2v) is 8.24. The summed E-state index contributed by atoms with van der Waals surface area (Å²) in [6, 6.07) is 8.15. The molecule has 2 rings (SSSR count). The molecule has 0 bridgehead atoms. The first-order valence-electron chi connectivity index (χ1n) is 7.74. The Balaban J connectivity index is 2.15. The van der Waals surface area contributed by atoms with Gasteiger partial charge < -0.3 is 15.4 Å². The van der Waals surface area contributed by atoms with Gasteiger partial charge in [0.2, 0.25) is 15.9 Å². The minimum atomic E-state index is -3.66. The van der Waals surface area contributed by atoms with Crippen molar-refractivity contribution in [3.8, 4) is 5.75 Å². The van der Waals surface area contributed by atoms with Gasteiger partial charge in [0.05, 0.1) is 29.3 Å². The van der Waals surface area contributed by atoms with Crippen molar-refractivity contribution in [2.75, 3.05) is 38.4 Å². The number of carbonyl (C=O) groups excluding carboxylic acids is 1. The third-order valence-corrected chi connectivity index (χ3v) is 5.70. The van der Waals surface area contributed by atoms with Crippen LogP contribution in [0.25, 0.3) is 0 Å². The lowest BCUT2D eigenvalue weighted by molar-refractivity contribution is -0.114. The van der Waals surface area contributed by atoms with Gasteiger partial charge in [-0.05, 0) is 36.4 Å². The Kier molecular flexibility index (Phi) is 6.63. The predicted octanol–water partition coefficient (Wildman–Crippen LogP) is 2.79. The topological polar surface area (TPSA) is 87.7 Å². The Morgan fingerprint density at radius 2 is 1.93 bits per heavy atom. The molecule has 0 saturated heterocycles. The van der Waals surface area contributed by atoms with Crippen molar-refractivity contribution in [2.24, 2.45) is 0 Å². The van der Waals surface area contributed by atoms with Crippen molar-refractivity contribution in [1.82, 2.24) is 4.31 Å². The van der Waals surface area contributed by atoms with Gasteiger partial charge in [0.15, 0.2) is 0 Å². The first kappa shape index (κ1) is 20.9. The van der Waals surface area contributed by atoms with Crippen LogP contribution < -0.4 is 15.4 Å². The van der Waals surface area contributed by atoms with Crippen molar-refractivity contribution < 1.29 is 22.3 Å². The van der Waals surface area contributed by atoms with E-state index in [1.165, 1.54) is 57.6 Å². The summed E-state index contributed by atoms with van der Waals surface area (Å²) in [7, 11) is 0.568. The maximum atomic E-state index is 13.2. The van der Waals surface area contributed by atoms with Crippen LogP contribution >= 0.6 is 11.6 Å². The van der Waals surface area contributed by atoms with Crippen LogP contribution in [0.15, 0.2) is 41.3 Å². The van der Waals surface area contributed by atoms with Gasteiger partial charge in [-0.25, -0.2) is 17.1 Å². The summed E-state index contributed by atoms with van der Waals surface area (Å²) < 4.78 is 43.9. The SMILES string of the molecule is COc1ccc(S(=O)(=O)N(C)C)cc1NC(=O)CNc1ccc(F)c(Cl)c1. The molecule has 0 unspecified atom stereocenters. The zero-order chi connectivity index (χ0) is 20.2. The molecule has 10 heteroatoms. The first-order chi connectivity index (χ1) is 12.6. The molecule has 0 saturated carbocycles. The number of rotatable bonds is 7. The summed E-state index contributed by atoms with van der Waals surface area (Å²) in [6.07, 6.45) is 0. The number of ether oxygens (including phenoxy) is 1. The summed E-state index contributed by atoms with van der Waals surface area (Å²) in [5.74, 6) is -0.700. The molecule has 0 aliphatic heterocycles. The van der Waals surface area contributed by atoms with E-state index in [4.69, 9.17) is 16.3 Å². The number of nitrogens with zero attached hydrogens (tertiary/aromatic N) is 1. The molecule has 2 N–H and O–H groups in total. The third kappa shape index (κ3) is 5.09. The van der Waals surface area contributed by atoms with Gasteiger partial charge in [0.1, 0.15) is 11.6 Å². The molecule has 0 fully saturated rings. The highest BCUT2D eigenvalue weighted by Gasteiger charge is 2.19. The number of hydrogen-bond donors (Lipinski definition) is 2. The fraction of sp³-hybridized carbons (Fsp3) is 0.235. The summed E-state index contributed by atoms with van der Waals surface area (Å²) in [6.45, 7) is -0.143. The zero-order valence-electron chi connectivity index (χ0n) is 14.9. The maximum absolute atomic E-state index is 13.2. The summed E-state index contributed by atoms with van der Waals surface area (Å²) in [5, 5.41) is 5.33. The molecule has 0 heterocycles. The Morgan fingerprint density at radius 1 is 1.22 bits per heavy atom. The monoisotopic (exact) mass is 415 g/mol. The average Bonchev–Trinajstić information content (AvgIpc) is 2.62. The molecular formula is C17H19ClFN3O4S. The fourth-order valence-electron chi connectivity index (χ4n) is 2.14. The molecule has 0 spiro atoms. The number of anilines is 2. The van der Waals surface area contributed by atoms with Gasteiger partial charge in [-0.1, -0.05) is 11.6 Å². The number of benzene rings is 2. The van der Waals surface area contributed by atoms with Crippen molar-refractivity contribution in [1.29, 1.82) is 0 Å². The molecule has 0 aliphatic carbocycles. The van der Waals surface area contributed by atoms with Crippen LogP contribution in [0.5, 0.6) is 5.75 Å². The van der Waals surface area contributed by atoms with Gasteiger partial charge in [-0.15, -0.1) is 0 Å². The normalized spacial score (nSPS) is 11.3. The number of hydrogen-bond acceptors (Lipinski definition) is 5. The smallest absolute Gasteiger partial charge is 0.243 e. The number of carbonyl (C=O) groups is 1. The van der Waals surface area contributed by atoms with Crippen LogP contribution in [0.4, 0.5) is 15.8 Å². The quantitative estimate of drug-likeness (QED) is 0.726. The van der Waals surface area contributed by atoms with Crippen LogP contribution in [0.2, 0.25) is 5.02 Å². The molecular weight excluding hydrogens is 397 g/mol. The van der Waals surface area contributed by atoms with E-state index in [1.807, 2.05) is 0 Å². The van der Waals surface area contributed by atoms with E-state index in [0.29, 0.717) is 11.4 Å². The number of halogens is 2.